The van der Waals surface area contributed by atoms with Crippen molar-refractivity contribution in [2.24, 2.45) is 0 Å². The molecule has 1 aliphatic heterocycles. The van der Waals surface area contributed by atoms with Crippen LogP contribution in [0.1, 0.15) is 11.4 Å². The van der Waals surface area contributed by atoms with Gasteiger partial charge in [0.25, 0.3) is 0 Å². The highest BCUT2D eigenvalue weighted by molar-refractivity contribution is 5.65. The Kier molecular flexibility index (Phi) is 5.62. The van der Waals surface area contributed by atoms with E-state index in [2.05, 4.69) is 80.8 Å². The van der Waals surface area contributed by atoms with E-state index >= 15 is 0 Å². The normalized spacial score (nSPS) is 14.7. The minimum Gasteiger partial charge on any atom is -0.369 e. The average Bonchev–Trinajstić information content (AvgIpc) is 2.69. The first-order valence-electron chi connectivity index (χ1n) is 10.1. The molecule has 150 valence electrons. The molecule has 2 heterocycles. The fourth-order valence-electron chi connectivity index (χ4n) is 3.53. The van der Waals surface area contributed by atoms with Gasteiger partial charge in [0.1, 0.15) is 17.5 Å². The maximum absolute atomic E-state index is 4.53. The summed E-state index contributed by atoms with van der Waals surface area (Å²) in [5.41, 5.74) is 4.51. The van der Waals surface area contributed by atoms with Gasteiger partial charge in [-0.2, -0.15) is 0 Å². The molecule has 0 spiro atoms. The molecule has 1 saturated heterocycles. The predicted molar refractivity (Wildman–Crippen MR) is 121 cm³/mol. The Morgan fingerprint density at radius 1 is 0.759 bits per heavy atom. The molecule has 0 radical (unpaired) electrons. The van der Waals surface area contributed by atoms with Crippen molar-refractivity contribution in [1.82, 2.24) is 14.9 Å². The van der Waals surface area contributed by atoms with Crippen molar-refractivity contribution < 1.29 is 0 Å². The van der Waals surface area contributed by atoms with E-state index < -0.39 is 0 Å². The van der Waals surface area contributed by atoms with E-state index in [9.17, 15) is 0 Å². The highest BCUT2D eigenvalue weighted by atomic mass is 15.2. The molecular weight excluding hydrogens is 360 g/mol. The van der Waals surface area contributed by atoms with Gasteiger partial charge in [0.2, 0.25) is 0 Å². The van der Waals surface area contributed by atoms with Gasteiger partial charge < -0.3 is 20.4 Å². The predicted octanol–water partition coefficient (Wildman–Crippen LogP) is 4.33. The molecule has 0 unspecified atom stereocenters. The summed E-state index contributed by atoms with van der Waals surface area (Å²) in [6.07, 6.45) is 0. The van der Waals surface area contributed by atoms with Gasteiger partial charge >= 0.3 is 0 Å². The zero-order chi connectivity index (χ0) is 20.2. The second-order valence-corrected chi connectivity index (χ2v) is 7.64. The molecule has 0 bridgehead atoms. The quantitative estimate of drug-likeness (QED) is 0.678. The summed E-state index contributed by atoms with van der Waals surface area (Å²) in [6.45, 7) is 8.34. The first kappa shape index (κ1) is 19.2. The summed E-state index contributed by atoms with van der Waals surface area (Å²) in [7, 11) is 2.18. The molecule has 0 saturated carbocycles. The summed E-state index contributed by atoms with van der Waals surface area (Å²) in [5, 5.41) is 6.77. The number of aryl methyl sites for hydroxylation is 2. The van der Waals surface area contributed by atoms with Crippen LogP contribution in [0, 0.1) is 13.8 Å². The lowest BCUT2D eigenvalue weighted by molar-refractivity contribution is 0.313. The maximum Gasteiger partial charge on any atom is 0.136 e. The van der Waals surface area contributed by atoms with Gasteiger partial charge in [-0.25, -0.2) is 9.97 Å². The molecule has 3 aromatic rings. The first-order chi connectivity index (χ1) is 14.0. The van der Waals surface area contributed by atoms with Crippen LogP contribution in [0.3, 0.4) is 0 Å². The number of aromatic nitrogens is 2. The SMILES string of the molecule is Cc1cccc(Nc2cc(Nc3ccc(N4CCN(C)CC4)cc3)nc(C)n2)c1. The summed E-state index contributed by atoms with van der Waals surface area (Å²) in [4.78, 5) is 13.8. The number of nitrogens with one attached hydrogen (secondary N) is 2. The van der Waals surface area contributed by atoms with Gasteiger partial charge in [0, 0.05) is 49.3 Å². The molecule has 6 nitrogen and oxygen atoms in total. The molecular formula is C23H28N6. The number of benzene rings is 2. The Balaban J connectivity index is 1.45. The molecule has 4 rings (SSSR count). The highest BCUT2D eigenvalue weighted by Gasteiger charge is 2.14. The van der Waals surface area contributed by atoms with Gasteiger partial charge in [-0.1, -0.05) is 12.1 Å². The number of likely N-dealkylation sites (N-methyl/N-ethyl adjacent to an activating group) is 1. The molecule has 0 atom stereocenters. The van der Waals surface area contributed by atoms with E-state index in [1.165, 1.54) is 11.3 Å². The lowest BCUT2D eigenvalue weighted by Crippen LogP contribution is -2.44. The number of rotatable bonds is 5. The third kappa shape index (κ3) is 5.03. The number of hydrogen-bond acceptors (Lipinski definition) is 6. The fourth-order valence-corrected chi connectivity index (χ4v) is 3.53. The van der Waals surface area contributed by atoms with Gasteiger partial charge in [-0.3, -0.25) is 0 Å². The summed E-state index contributed by atoms with van der Waals surface area (Å²) >= 11 is 0. The molecule has 29 heavy (non-hydrogen) atoms. The van der Waals surface area contributed by atoms with Crippen LogP contribution in [-0.2, 0) is 0 Å². The average molecular weight is 389 g/mol. The molecule has 1 fully saturated rings. The fraction of sp³-hybridized carbons (Fsp3) is 0.304. The van der Waals surface area contributed by atoms with Gasteiger partial charge in [0.15, 0.2) is 0 Å². The Morgan fingerprint density at radius 3 is 2.07 bits per heavy atom. The van der Waals surface area contributed by atoms with Crippen LogP contribution in [0.2, 0.25) is 0 Å². The molecule has 2 aromatic carbocycles. The van der Waals surface area contributed by atoms with Crippen molar-refractivity contribution >= 4 is 28.7 Å². The minimum absolute atomic E-state index is 0.721. The van der Waals surface area contributed by atoms with Crippen LogP contribution >= 0.6 is 0 Å². The summed E-state index contributed by atoms with van der Waals surface area (Å²) in [6, 6.07) is 18.8. The van der Waals surface area contributed by atoms with Gasteiger partial charge in [-0.05, 0) is 62.9 Å². The molecule has 6 heteroatoms. The standard InChI is InChI=1S/C23H28N6/c1-17-5-4-6-20(15-17)27-23-16-22(24-18(2)25-23)26-19-7-9-21(10-8-19)29-13-11-28(3)12-14-29/h4-10,15-16H,11-14H2,1-3H3,(H2,24,25,26,27). The number of piperazine rings is 1. The van der Waals surface area contributed by atoms with E-state index in [1.807, 2.05) is 25.1 Å². The van der Waals surface area contributed by atoms with Gasteiger partial charge in [-0.15, -0.1) is 0 Å². The van der Waals surface area contributed by atoms with Gasteiger partial charge in [0.05, 0.1) is 0 Å². The van der Waals surface area contributed by atoms with E-state index in [-0.39, 0.29) is 0 Å². The monoisotopic (exact) mass is 388 g/mol. The lowest BCUT2D eigenvalue weighted by atomic mass is 10.2. The van der Waals surface area contributed by atoms with E-state index in [0.29, 0.717) is 0 Å². The van der Waals surface area contributed by atoms with Crippen molar-refractivity contribution in [2.75, 3.05) is 48.8 Å². The first-order valence-corrected chi connectivity index (χ1v) is 10.1. The Morgan fingerprint density at radius 2 is 1.41 bits per heavy atom. The summed E-state index contributed by atoms with van der Waals surface area (Å²) < 4.78 is 0. The maximum atomic E-state index is 4.53. The number of nitrogens with zero attached hydrogens (tertiary/aromatic N) is 4. The van der Waals surface area contributed by atoms with Crippen molar-refractivity contribution in [3.05, 3.63) is 66.0 Å². The molecule has 2 N–H and O–H groups in total. The molecule has 0 aliphatic carbocycles. The zero-order valence-corrected chi connectivity index (χ0v) is 17.3. The van der Waals surface area contributed by atoms with Crippen molar-refractivity contribution in [1.29, 1.82) is 0 Å². The zero-order valence-electron chi connectivity index (χ0n) is 17.3. The van der Waals surface area contributed by atoms with Crippen LogP contribution < -0.4 is 15.5 Å². The molecule has 0 amide bonds. The van der Waals surface area contributed by atoms with Crippen LogP contribution in [0.5, 0.6) is 0 Å². The number of anilines is 5. The highest BCUT2D eigenvalue weighted by Crippen LogP contribution is 2.23. The van der Waals surface area contributed by atoms with Crippen molar-refractivity contribution in [2.45, 2.75) is 13.8 Å². The largest absolute Gasteiger partial charge is 0.369 e. The van der Waals surface area contributed by atoms with Crippen LogP contribution in [-0.4, -0.2) is 48.1 Å². The third-order valence-corrected chi connectivity index (χ3v) is 5.14. The topological polar surface area (TPSA) is 56.3 Å². The van der Waals surface area contributed by atoms with E-state index in [0.717, 1.165) is 55.0 Å². The second kappa shape index (κ2) is 8.49. The summed E-state index contributed by atoms with van der Waals surface area (Å²) in [5.74, 6) is 2.28. The molecule has 1 aliphatic rings. The third-order valence-electron chi connectivity index (χ3n) is 5.14. The van der Waals surface area contributed by atoms with Crippen LogP contribution in [0.15, 0.2) is 54.6 Å². The van der Waals surface area contributed by atoms with Crippen LogP contribution in [0.4, 0.5) is 28.7 Å². The second-order valence-electron chi connectivity index (χ2n) is 7.64. The Bertz CT molecular complexity index is 961. The molecule has 1 aromatic heterocycles. The van der Waals surface area contributed by atoms with Crippen molar-refractivity contribution in [3.63, 3.8) is 0 Å². The minimum atomic E-state index is 0.721. The Labute approximate surface area is 172 Å². The smallest absolute Gasteiger partial charge is 0.136 e. The number of hydrogen-bond donors (Lipinski definition) is 2. The Hall–Kier alpha value is -3.12. The van der Waals surface area contributed by atoms with Crippen LogP contribution in [0.25, 0.3) is 0 Å². The van der Waals surface area contributed by atoms with E-state index in [1.54, 1.807) is 0 Å². The lowest BCUT2D eigenvalue weighted by Gasteiger charge is -2.34. The van der Waals surface area contributed by atoms with Crippen molar-refractivity contribution in [3.8, 4) is 0 Å². The van der Waals surface area contributed by atoms with E-state index in [4.69, 9.17) is 0 Å².